The van der Waals surface area contributed by atoms with Gasteiger partial charge in [0.2, 0.25) is 0 Å². The molecular weight excluding hydrogens is 256 g/mol. The molecule has 0 aliphatic heterocycles. The Balaban J connectivity index is 2.44. The van der Waals surface area contributed by atoms with E-state index in [2.05, 4.69) is 54.0 Å². The number of hydrogen-bond donors (Lipinski definition) is 2. The van der Waals surface area contributed by atoms with Crippen LogP contribution >= 0.6 is 11.5 Å². The van der Waals surface area contributed by atoms with E-state index in [1.807, 2.05) is 0 Å². The van der Waals surface area contributed by atoms with Gasteiger partial charge in [0.15, 0.2) is 0 Å². The molecule has 4 nitrogen and oxygen atoms in total. The largest absolute Gasteiger partial charge is 0.271 e. The first kappa shape index (κ1) is 14.1. The van der Waals surface area contributed by atoms with Gasteiger partial charge in [-0.3, -0.25) is 5.84 Å². The first-order valence-corrected chi connectivity index (χ1v) is 7.29. The van der Waals surface area contributed by atoms with Crippen molar-refractivity contribution in [1.82, 2.24) is 15.0 Å². The lowest BCUT2D eigenvalue weighted by atomic mass is 9.97. The zero-order valence-corrected chi connectivity index (χ0v) is 12.4. The van der Waals surface area contributed by atoms with Crippen LogP contribution in [0.5, 0.6) is 0 Å². The van der Waals surface area contributed by atoms with Gasteiger partial charge in [-0.15, -0.1) is 5.10 Å². The van der Waals surface area contributed by atoms with E-state index in [-0.39, 0.29) is 6.04 Å². The van der Waals surface area contributed by atoms with Gasteiger partial charge in [-0.05, 0) is 42.9 Å². The van der Waals surface area contributed by atoms with Crippen LogP contribution in [0.15, 0.2) is 18.2 Å². The molecule has 19 heavy (non-hydrogen) atoms. The second kappa shape index (κ2) is 6.23. The van der Waals surface area contributed by atoms with Gasteiger partial charge in [0, 0.05) is 0 Å². The van der Waals surface area contributed by atoms with Crippen LogP contribution in [0.1, 0.15) is 46.6 Å². The van der Waals surface area contributed by atoms with Crippen LogP contribution in [0.25, 0.3) is 0 Å². The van der Waals surface area contributed by atoms with E-state index in [1.165, 1.54) is 28.2 Å². The van der Waals surface area contributed by atoms with Gasteiger partial charge in [0.05, 0.1) is 16.6 Å². The van der Waals surface area contributed by atoms with Crippen molar-refractivity contribution in [1.29, 1.82) is 0 Å². The maximum Gasteiger partial charge on any atom is 0.0840 e. The summed E-state index contributed by atoms with van der Waals surface area (Å²) in [6.07, 6.45) is 2.00. The third kappa shape index (κ3) is 3.00. The minimum absolute atomic E-state index is 0.0264. The van der Waals surface area contributed by atoms with E-state index in [9.17, 15) is 0 Å². The molecule has 2 rings (SSSR count). The fourth-order valence-electron chi connectivity index (χ4n) is 2.22. The van der Waals surface area contributed by atoms with Gasteiger partial charge < -0.3 is 0 Å². The van der Waals surface area contributed by atoms with E-state index >= 15 is 0 Å². The smallest absolute Gasteiger partial charge is 0.0840 e. The van der Waals surface area contributed by atoms with Gasteiger partial charge in [0.1, 0.15) is 0 Å². The Bertz CT molecular complexity index is 550. The highest BCUT2D eigenvalue weighted by atomic mass is 32.1. The van der Waals surface area contributed by atoms with Crippen molar-refractivity contribution >= 4 is 11.5 Å². The summed E-state index contributed by atoms with van der Waals surface area (Å²) in [6.45, 7) is 6.34. The molecule has 0 radical (unpaired) electrons. The lowest BCUT2D eigenvalue weighted by Crippen LogP contribution is -2.29. The van der Waals surface area contributed by atoms with Gasteiger partial charge >= 0.3 is 0 Å². The summed E-state index contributed by atoms with van der Waals surface area (Å²) in [4.78, 5) is 1.12. The second-order valence-corrected chi connectivity index (χ2v) is 5.58. The number of rotatable bonds is 5. The number of hydrogen-bond acceptors (Lipinski definition) is 5. The van der Waals surface area contributed by atoms with Crippen molar-refractivity contribution in [2.24, 2.45) is 5.84 Å². The van der Waals surface area contributed by atoms with Gasteiger partial charge in [-0.2, -0.15) is 0 Å². The first-order valence-electron chi connectivity index (χ1n) is 6.51. The summed E-state index contributed by atoms with van der Waals surface area (Å²) in [5.74, 6) is 5.78. The summed E-state index contributed by atoms with van der Waals surface area (Å²) in [5.41, 5.74) is 7.63. The lowest BCUT2D eigenvalue weighted by molar-refractivity contribution is 0.633. The first-order chi connectivity index (χ1) is 9.17. The molecule has 1 aromatic carbocycles. The molecule has 0 aliphatic rings. The molecule has 1 atom stereocenters. The molecule has 2 aromatic rings. The van der Waals surface area contributed by atoms with Crippen LogP contribution in [0.3, 0.4) is 0 Å². The van der Waals surface area contributed by atoms with Crippen molar-refractivity contribution in [3.05, 3.63) is 45.5 Å². The molecule has 0 bridgehead atoms. The third-order valence-corrected chi connectivity index (χ3v) is 4.08. The second-order valence-electron chi connectivity index (χ2n) is 4.79. The van der Waals surface area contributed by atoms with Crippen LogP contribution in [-0.4, -0.2) is 9.59 Å². The highest BCUT2D eigenvalue weighted by molar-refractivity contribution is 7.05. The zero-order chi connectivity index (χ0) is 13.8. The summed E-state index contributed by atoms with van der Waals surface area (Å²) in [5, 5.41) is 4.23. The van der Waals surface area contributed by atoms with Crippen LogP contribution in [0, 0.1) is 13.8 Å². The predicted molar refractivity (Wildman–Crippen MR) is 79.0 cm³/mol. The van der Waals surface area contributed by atoms with Crippen molar-refractivity contribution in [2.45, 2.75) is 39.7 Å². The normalized spacial score (nSPS) is 12.6. The number of hydrazine groups is 1. The van der Waals surface area contributed by atoms with E-state index in [0.29, 0.717) is 0 Å². The molecule has 0 saturated heterocycles. The molecule has 0 amide bonds. The van der Waals surface area contributed by atoms with Crippen molar-refractivity contribution in [3.63, 3.8) is 0 Å². The van der Waals surface area contributed by atoms with E-state index in [4.69, 9.17) is 5.84 Å². The number of aryl methyl sites for hydroxylation is 3. The summed E-state index contributed by atoms with van der Waals surface area (Å²) in [7, 11) is 0. The molecule has 0 spiro atoms. The molecule has 3 N–H and O–H groups in total. The van der Waals surface area contributed by atoms with Gasteiger partial charge in [-0.1, -0.05) is 41.6 Å². The quantitative estimate of drug-likeness (QED) is 0.651. The van der Waals surface area contributed by atoms with Gasteiger partial charge in [0.25, 0.3) is 0 Å². The highest BCUT2D eigenvalue weighted by Gasteiger charge is 2.21. The summed E-state index contributed by atoms with van der Waals surface area (Å²) < 4.78 is 4.08. The summed E-state index contributed by atoms with van der Waals surface area (Å²) >= 11 is 1.43. The predicted octanol–water partition coefficient (Wildman–Crippen LogP) is 2.66. The third-order valence-electron chi connectivity index (χ3n) is 3.25. The lowest BCUT2D eigenvalue weighted by Gasteiger charge is -2.18. The Morgan fingerprint density at radius 1 is 1.37 bits per heavy atom. The van der Waals surface area contributed by atoms with E-state index in [1.54, 1.807) is 0 Å². The van der Waals surface area contributed by atoms with Crippen molar-refractivity contribution in [3.8, 4) is 0 Å². The number of aromatic nitrogens is 2. The Labute approximate surface area is 118 Å². The molecule has 1 heterocycles. The number of nitrogens with one attached hydrogen (secondary N) is 1. The van der Waals surface area contributed by atoms with E-state index < -0.39 is 0 Å². The standard InChI is InChI=1S/C14H20N4S/c1-4-5-12-14(19-18-17-12)13(16-15)11-8-9(2)6-7-10(11)3/h6-8,13,16H,4-5,15H2,1-3H3. The number of nitrogens with zero attached hydrogens (tertiary/aromatic N) is 2. The maximum absolute atomic E-state index is 5.78. The molecule has 102 valence electrons. The Morgan fingerprint density at radius 3 is 2.84 bits per heavy atom. The van der Waals surface area contributed by atoms with E-state index in [0.717, 1.165) is 23.4 Å². The van der Waals surface area contributed by atoms with Gasteiger partial charge in [-0.25, -0.2) is 5.43 Å². The Hall–Kier alpha value is -1.30. The molecular formula is C14H20N4S. The Kier molecular flexibility index (Phi) is 4.63. The summed E-state index contributed by atoms with van der Waals surface area (Å²) in [6, 6.07) is 6.39. The molecule has 1 unspecified atom stereocenters. The molecule has 0 aliphatic carbocycles. The minimum Gasteiger partial charge on any atom is -0.271 e. The molecule has 0 fully saturated rings. The van der Waals surface area contributed by atoms with Crippen LogP contribution in [0.2, 0.25) is 0 Å². The average molecular weight is 276 g/mol. The average Bonchev–Trinajstić information content (AvgIpc) is 2.83. The number of nitrogens with two attached hydrogens (primary N) is 1. The van der Waals surface area contributed by atoms with Crippen molar-refractivity contribution < 1.29 is 0 Å². The fourth-order valence-corrected chi connectivity index (χ4v) is 3.00. The SMILES string of the molecule is CCCc1nnsc1C(NN)c1cc(C)ccc1C. The van der Waals surface area contributed by atoms with Crippen LogP contribution < -0.4 is 11.3 Å². The van der Waals surface area contributed by atoms with Crippen LogP contribution in [-0.2, 0) is 6.42 Å². The minimum atomic E-state index is -0.0264. The molecule has 0 saturated carbocycles. The fraction of sp³-hybridized carbons (Fsp3) is 0.429. The monoisotopic (exact) mass is 276 g/mol. The highest BCUT2D eigenvalue weighted by Crippen LogP contribution is 2.29. The maximum atomic E-state index is 5.78. The molecule has 1 aromatic heterocycles. The Morgan fingerprint density at radius 2 is 2.16 bits per heavy atom. The van der Waals surface area contributed by atoms with Crippen LogP contribution in [0.4, 0.5) is 0 Å². The zero-order valence-electron chi connectivity index (χ0n) is 11.6. The topological polar surface area (TPSA) is 63.8 Å². The number of benzene rings is 1. The van der Waals surface area contributed by atoms with Crippen molar-refractivity contribution in [2.75, 3.05) is 0 Å². The molecule has 5 heteroatoms.